The molecular formula is C18H14F2N4O2. The van der Waals surface area contributed by atoms with Crippen molar-refractivity contribution in [3.05, 3.63) is 42.8 Å². The summed E-state index contributed by atoms with van der Waals surface area (Å²) < 4.78 is 36.9. The van der Waals surface area contributed by atoms with E-state index < -0.39 is 11.8 Å². The molecule has 8 heteroatoms. The monoisotopic (exact) mass is 356 g/mol. The van der Waals surface area contributed by atoms with Gasteiger partial charge in [0.1, 0.15) is 17.4 Å². The fourth-order valence-corrected chi connectivity index (χ4v) is 2.91. The predicted molar refractivity (Wildman–Crippen MR) is 91.9 cm³/mol. The van der Waals surface area contributed by atoms with E-state index in [1.807, 2.05) is 24.3 Å². The number of nitrogens with zero attached hydrogens (tertiary/aromatic N) is 2. The third-order valence-electron chi connectivity index (χ3n) is 4.52. The summed E-state index contributed by atoms with van der Waals surface area (Å²) in [6.45, 7) is -0.00738. The van der Waals surface area contributed by atoms with Crippen molar-refractivity contribution >= 4 is 33.5 Å². The van der Waals surface area contributed by atoms with Crippen LogP contribution in [0.2, 0.25) is 0 Å². The maximum atomic E-state index is 13.0. The van der Waals surface area contributed by atoms with Gasteiger partial charge in [-0.1, -0.05) is 0 Å². The minimum atomic E-state index is -2.59. The van der Waals surface area contributed by atoms with Crippen LogP contribution in [-0.4, -0.2) is 27.7 Å². The molecule has 0 saturated heterocycles. The Balaban J connectivity index is 1.37. The standard InChI is InChI=1S/C18H14F2N4O2/c19-18(20)7-10(18)8-25-15-9-26-14-6-11(3-4-12(14)15)22-17-16-13(23-24-17)2-1-5-21-16/h1-6,9-10H,7-8H2,(H2,22,23,24). The lowest BCUT2D eigenvalue weighted by Gasteiger charge is -2.05. The van der Waals surface area contributed by atoms with E-state index >= 15 is 0 Å². The van der Waals surface area contributed by atoms with Crippen molar-refractivity contribution < 1.29 is 17.9 Å². The number of rotatable bonds is 5. The van der Waals surface area contributed by atoms with Crippen molar-refractivity contribution in [1.29, 1.82) is 0 Å². The number of pyridine rings is 1. The van der Waals surface area contributed by atoms with E-state index in [4.69, 9.17) is 9.15 Å². The number of anilines is 2. The van der Waals surface area contributed by atoms with Crippen LogP contribution in [0.5, 0.6) is 5.75 Å². The number of nitrogens with one attached hydrogen (secondary N) is 2. The second-order valence-corrected chi connectivity index (χ2v) is 6.38. The number of fused-ring (bicyclic) bond motifs is 2. The highest BCUT2D eigenvalue weighted by atomic mass is 19.3. The molecule has 132 valence electrons. The SMILES string of the molecule is FC1(F)CC1COc1coc2cc(Nc3n[nH]c4cccnc34)ccc12. The van der Waals surface area contributed by atoms with Crippen molar-refractivity contribution in [1.82, 2.24) is 15.2 Å². The van der Waals surface area contributed by atoms with E-state index in [9.17, 15) is 8.78 Å². The molecule has 5 rings (SSSR count). The van der Waals surface area contributed by atoms with Crippen LogP contribution in [0.3, 0.4) is 0 Å². The quantitative estimate of drug-likeness (QED) is 0.551. The Bertz CT molecular complexity index is 1100. The van der Waals surface area contributed by atoms with Gasteiger partial charge in [0, 0.05) is 24.4 Å². The highest BCUT2D eigenvalue weighted by Crippen LogP contribution is 2.48. The molecule has 26 heavy (non-hydrogen) atoms. The number of H-pyrrole nitrogens is 1. The van der Waals surface area contributed by atoms with Gasteiger partial charge in [-0.15, -0.1) is 0 Å². The molecule has 3 aromatic heterocycles. The molecule has 1 atom stereocenters. The first kappa shape index (κ1) is 15.1. The summed E-state index contributed by atoms with van der Waals surface area (Å²) in [6, 6.07) is 9.20. The van der Waals surface area contributed by atoms with Gasteiger partial charge in [-0.25, -0.2) is 8.78 Å². The molecule has 3 heterocycles. The van der Waals surface area contributed by atoms with Crippen molar-refractivity contribution in [2.45, 2.75) is 12.3 Å². The molecule has 6 nitrogen and oxygen atoms in total. The van der Waals surface area contributed by atoms with Gasteiger partial charge in [-0.2, -0.15) is 5.10 Å². The third kappa shape index (κ3) is 2.54. The van der Waals surface area contributed by atoms with Crippen LogP contribution >= 0.6 is 0 Å². The van der Waals surface area contributed by atoms with E-state index in [1.165, 1.54) is 6.26 Å². The summed E-state index contributed by atoms with van der Waals surface area (Å²) in [5.74, 6) is -2.20. The van der Waals surface area contributed by atoms with Crippen LogP contribution in [0.4, 0.5) is 20.3 Å². The summed E-state index contributed by atoms with van der Waals surface area (Å²) in [5.41, 5.74) is 2.94. The average molecular weight is 356 g/mol. The molecule has 1 fully saturated rings. The first-order valence-corrected chi connectivity index (χ1v) is 8.18. The first-order chi connectivity index (χ1) is 12.6. The summed E-state index contributed by atoms with van der Waals surface area (Å²) >= 11 is 0. The lowest BCUT2D eigenvalue weighted by Crippen LogP contribution is -2.05. The molecule has 1 saturated carbocycles. The fourth-order valence-electron chi connectivity index (χ4n) is 2.91. The second kappa shape index (κ2) is 5.42. The number of aromatic nitrogens is 3. The van der Waals surface area contributed by atoms with E-state index in [1.54, 1.807) is 12.3 Å². The Kier molecular flexibility index (Phi) is 3.15. The van der Waals surface area contributed by atoms with Gasteiger partial charge in [0.25, 0.3) is 5.92 Å². The molecule has 0 radical (unpaired) electrons. The number of aromatic amines is 1. The number of alkyl halides is 2. The van der Waals surface area contributed by atoms with Gasteiger partial charge in [0.2, 0.25) is 0 Å². The normalized spacial score (nSPS) is 18.3. The molecule has 0 aliphatic heterocycles. The number of benzene rings is 1. The van der Waals surface area contributed by atoms with Crippen molar-refractivity contribution in [2.75, 3.05) is 11.9 Å². The van der Waals surface area contributed by atoms with Crippen LogP contribution in [0.1, 0.15) is 6.42 Å². The second-order valence-electron chi connectivity index (χ2n) is 6.38. The zero-order valence-corrected chi connectivity index (χ0v) is 13.5. The molecular weight excluding hydrogens is 342 g/mol. The molecule has 1 aliphatic carbocycles. The molecule has 0 bridgehead atoms. The number of halogens is 2. The molecule has 0 amide bonds. The third-order valence-corrected chi connectivity index (χ3v) is 4.52. The average Bonchev–Trinajstić information content (AvgIpc) is 2.99. The summed E-state index contributed by atoms with van der Waals surface area (Å²) in [7, 11) is 0. The molecule has 1 unspecified atom stereocenters. The highest BCUT2D eigenvalue weighted by molar-refractivity contribution is 5.90. The van der Waals surface area contributed by atoms with Crippen molar-refractivity contribution in [3.8, 4) is 5.75 Å². The fraction of sp³-hybridized carbons (Fsp3) is 0.222. The van der Waals surface area contributed by atoms with Crippen LogP contribution in [0.15, 0.2) is 47.2 Å². The Morgan fingerprint density at radius 3 is 3.08 bits per heavy atom. The largest absolute Gasteiger partial charge is 0.489 e. The van der Waals surface area contributed by atoms with Crippen LogP contribution in [0.25, 0.3) is 22.0 Å². The molecule has 1 aliphatic rings. The molecule has 0 spiro atoms. The molecule has 2 N–H and O–H groups in total. The lowest BCUT2D eigenvalue weighted by molar-refractivity contribution is 0.0856. The van der Waals surface area contributed by atoms with E-state index in [0.29, 0.717) is 17.2 Å². The zero-order valence-electron chi connectivity index (χ0n) is 13.5. The van der Waals surface area contributed by atoms with Crippen LogP contribution < -0.4 is 10.1 Å². The molecule has 1 aromatic carbocycles. The van der Waals surface area contributed by atoms with Gasteiger partial charge in [-0.3, -0.25) is 10.1 Å². The van der Waals surface area contributed by atoms with E-state index in [-0.39, 0.29) is 13.0 Å². The number of hydrogen-bond donors (Lipinski definition) is 2. The Morgan fingerprint density at radius 2 is 2.23 bits per heavy atom. The van der Waals surface area contributed by atoms with E-state index in [0.717, 1.165) is 22.1 Å². The zero-order chi connectivity index (χ0) is 17.7. The van der Waals surface area contributed by atoms with Gasteiger partial charge < -0.3 is 14.5 Å². The number of hydrogen-bond acceptors (Lipinski definition) is 5. The smallest absolute Gasteiger partial charge is 0.255 e. The maximum absolute atomic E-state index is 13.0. The maximum Gasteiger partial charge on any atom is 0.255 e. The summed E-state index contributed by atoms with van der Waals surface area (Å²) in [6.07, 6.45) is 3.04. The predicted octanol–water partition coefficient (Wildman–Crippen LogP) is 4.48. The lowest BCUT2D eigenvalue weighted by atomic mass is 10.2. The van der Waals surface area contributed by atoms with Gasteiger partial charge in [0.05, 0.1) is 23.4 Å². The summed E-state index contributed by atoms with van der Waals surface area (Å²) in [5, 5.41) is 11.1. The van der Waals surface area contributed by atoms with Gasteiger partial charge in [0.15, 0.2) is 11.6 Å². The number of furan rings is 1. The number of ether oxygens (including phenoxy) is 1. The van der Waals surface area contributed by atoms with Crippen molar-refractivity contribution in [2.24, 2.45) is 5.92 Å². The minimum absolute atomic E-state index is 0.00738. The highest BCUT2D eigenvalue weighted by Gasteiger charge is 2.57. The van der Waals surface area contributed by atoms with E-state index in [2.05, 4.69) is 20.5 Å². The Morgan fingerprint density at radius 1 is 1.35 bits per heavy atom. The first-order valence-electron chi connectivity index (χ1n) is 8.18. The van der Waals surface area contributed by atoms with Gasteiger partial charge >= 0.3 is 0 Å². The Hall–Kier alpha value is -3.16. The Labute approximate surface area is 146 Å². The van der Waals surface area contributed by atoms with Crippen molar-refractivity contribution in [3.63, 3.8) is 0 Å². The van der Waals surface area contributed by atoms with Gasteiger partial charge in [-0.05, 0) is 24.3 Å². The van der Waals surface area contributed by atoms with Crippen LogP contribution in [0, 0.1) is 5.92 Å². The summed E-state index contributed by atoms with van der Waals surface area (Å²) in [4.78, 5) is 4.30. The van der Waals surface area contributed by atoms with Crippen LogP contribution in [-0.2, 0) is 0 Å². The topological polar surface area (TPSA) is 76.0 Å². The molecule has 4 aromatic rings. The minimum Gasteiger partial charge on any atom is -0.489 e.